The molecule has 2 nitrogen and oxygen atoms in total. The summed E-state index contributed by atoms with van der Waals surface area (Å²) >= 11 is 0. The second-order valence-electron chi connectivity index (χ2n) is 5.64. The smallest absolute Gasteiger partial charge is 0.127 e. The lowest BCUT2D eigenvalue weighted by atomic mass is 9.75. The number of rotatable bonds is 3. The summed E-state index contributed by atoms with van der Waals surface area (Å²) in [4.78, 5) is 0. The van der Waals surface area contributed by atoms with E-state index in [1.165, 1.54) is 5.56 Å². The Balaban J connectivity index is 1.73. The normalized spacial score (nSPS) is 20.6. The van der Waals surface area contributed by atoms with Gasteiger partial charge >= 0.3 is 0 Å². The number of benzene rings is 2. The molecule has 1 saturated heterocycles. The molecule has 0 amide bonds. The molecule has 0 bridgehead atoms. The summed E-state index contributed by atoms with van der Waals surface area (Å²) < 4.78 is 5.80. The summed E-state index contributed by atoms with van der Waals surface area (Å²) in [7, 11) is 0. The van der Waals surface area contributed by atoms with Gasteiger partial charge in [0.1, 0.15) is 11.5 Å². The van der Waals surface area contributed by atoms with Crippen LogP contribution in [0.3, 0.4) is 0 Å². The molecule has 0 saturated carbocycles. The second-order valence-corrected chi connectivity index (χ2v) is 5.64. The maximum atomic E-state index is 5.80. The van der Waals surface area contributed by atoms with Crippen LogP contribution in [0, 0.1) is 0 Å². The first kappa shape index (κ1) is 12.2. The zero-order valence-corrected chi connectivity index (χ0v) is 11.4. The van der Waals surface area contributed by atoms with Gasteiger partial charge in [0, 0.05) is 18.0 Å². The van der Waals surface area contributed by atoms with Crippen molar-refractivity contribution in [2.75, 3.05) is 6.54 Å². The van der Waals surface area contributed by atoms with E-state index in [0.717, 1.165) is 18.0 Å². The number of para-hydroxylation sites is 1. The lowest BCUT2D eigenvalue weighted by Crippen LogP contribution is -2.59. The molecule has 1 aliphatic heterocycles. The van der Waals surface area contributed by atoms with Crippen LogP contribution in [0.5, 0.6) is 11.5 Å². The average Bonchev–Trinajstić information content (AvgIpc) is 2.41. The highest BCUT2D eigenvalue weighted by Gasteiger charge is 2.38. The van der Waals surface area contributed by atoms with Crippen LogP contribution in [0.1, 0.15) is 25.3 Å². The minimum Gasteiger partial charge on any atom is -0.457 e. The van der Waals surface area contributed by atoms with Gasteiger partial charge < -0.3 is 10.1 Å². The molecule has 1 unspecified atom stereocenters. The summed E-state index contributed by atoms with van der Waals surface area (Å²) in [6.07, 6.45) is 0. The fraction of sp³-hybridized carbons (Fsp3) is 0.294. The summed E-state index contributed by atoms with van der Waals surface area (Å²) in [5.74, 6) is 2.36. The van der Waals surface area contributed by atoms with Gasteiger partial charge in [0.05, 0.1) is 0 Å². The van der Waals surface area contributed by atoms with E-state index in [0.29, 0.717) is 5.92 Å². The number of hydrogen-bond acceptors (Lipinski definition) is 2. The van der Waals surface area contributed by atoms with E-state index in [2.05, 4.69) is 43.4 Å². The maximum absolute atomic E-state index is 5.80. The molecule has 0 aliphatic carbocycles. The van der Waals surface area contributed by atoms with Gasteiger partial charge in [-0.25, -0.2) is 0 Å². The van der Waals surface area contributed by atoms with Crippen molar-refractivity contribution >= 4 is 0 Å². The first-order valence-corrected chi connectivity index (χ1v) is 6.73. The fourth-order valence-electron chi connectivity index (χ4n) is 2.54. The quantitative estimate of drug-likeness (QED) is 0.894. The van der Waals surface area contributed by atoms with Crippen LogP contribution >= 0.6 is 0 Å². The van der Waals surface area contributed by atoms with Gasteiger partial charge in [-0.2, -0.15) is 0 Å². The third-order valence-corrected chi connectivity index (χ3v) is 3.89. The molecule has 1 heterocycles. The highest BCUT2D eigenvalue weighted by molar-refractivity contribution is 5.36. The Kier molecular flexibility index (Phi) is 3.03. The van der Waals surface area contributed by atoms with E-state index in [1.54, 1.807) is 0 Å². The molecule has 2 aromatic carbocycles. The Labute approximate surface area is 114 Å². The summed E-state index contributed by atoms with van der Waals surface area (Å²) in [6, 6.07) is 18.3. The number of hydrogen-bond donors (Lipinski definition) is 1. The van der Waals surface area contributed by atoms with E-state index in [9.17, 15) is 0 Å². The fourth-order valence-corrected chi connectivity index (χ4v) is 2.54. The topological polar surface area (TPSA) is 21.3 Å². The zero-order chi connectivity index (χ0) is 13.3. The van der Waals surface area contributed by atoms with Crippen LogP contribution in [0.4, 0.5) is 0 Å². The van der Waals surface area contributed by atoms with Gasteiger partial charge in [-0.05, 0) is 43.7 Å². The Morgan fingerprint density at radius 1 is 0.947 bits per heavy atom. The molecule has 98 valence electrons. The molecule has 2 aromatic rings. The zero-order valence-electron chi connectivity index (χ0n) is 11.4. The van der Waals surface area contributed by atoms with Crippen molar-refractivity contribution < 1.29 is 4.74 Å². The van der Waals surface area contributed by atoms with Crippen molar-refractivity contribution in [1.82, 2.24) is 5.32 Å². The Hall–Kier alpha value is -1.80. The molecule has 1 atom stereocenters. The van der Waals surface area contributed by atoms with Crippen LogP contribution in [0.2, 0.25) is 0 Å². The van der Waals surface area contributed by atoms with E-state index in [-0.39, 0.29) is 5.54 Å². The predicted molar refractivity (Wildman–Crippen MR) is 77.8 cm³/mol. The Bertz CT molecular complexity index is 545. The largest absolute Gasteiger partial charge is 0.457 e. The van der Waals surface area contributed by atoms with Crippen LogP contribution in [0.15, 0.2) is 54.6 Å². The lowest BCUT2D eigenvalue weighted by molar-refractivity contribution is 0.208. The highest BCUT2D eigenvalue weighted by atomic mass is 16.5. The molecular formula is C17H19NO. The minimum atomic E-state index is 0.210. The summed E-state index contributed by atoms with van der Waals surface area (Å²) in [6.45, 7) is 5.55. The number of nitrogens with one attached hydrogen (secondary N) is 1. The monoisotopic (exact) mass is 253 g/mol. The molecule has 0 spiro atoms. The van der Waals surface area contributed by atoms with Gasteiger partial charge in [0.2, 0.25) is 0 Å². The van der Waals surface area contributed by atoms with E-state index in [4.69, 9.17) is 4.74 Å². The van der Waals surface area contributed by atoms with Crippen molar-refractivity contribution in [2.24, 2.45) is 0 Å². The molecule has 1 N–H and O–H groups in total. The third kappa shape index (κ3) is 2.49. The van der Waals surface area contributed by atoms with Gasteiger partial charge in [-0.1, -0.05) is 30.3 Å². The standard InChI is InChI=1S/C17H19NO/c1-17(2)16(12-18-17)13-8-10-15(11-9-13)19-14-6-4-3-5-7-14/h3-11,16,18H,12H2,1-2H3. The SMILES string of the molecule is CC1(C)NCC1c1ccc(Oc2ccccc2)cc1. The molecule has 1 aliphatic rings. The molecule has 0 aromatic heterocycles. The van der Waals surface area contributed by atoms with E-state index in [1.807, 2.05) is 30.3 Å². The van der Waals surface area contributed by atoms with Crippen LogP contribution in [-0.4, -0.2) is 12.1 Å². The predicted octanol–water partition coefficient (Wildman–Crippen LogP) is 3.94. The third-order valence-electron chi connectivity index (χ3n) is 3.89. The molecule has 19 heavy (non-hydrogen) atoms. The van der Waals surface area contributed by atoms with E-state index >= 15 is 0 Å². The second kappa shape index (κ2) is 4.71. The number of ether oxygens (including phenoxy) is 1. The molecule has 3 rings (SSSR count). The van der Waals surface area contributed by atoms with Crippen molar-refractivity contribution in [3.63, 3.8) is 0 Å². The Morgan fingerprint density at radius 3 is 2.11 bits per heavy atom. The van der Waals surface area contributed by atoms with Gasteiger partial charge in [0.25, 0.3) is 0 Å². The molecule has 2 heteroatoms. The summed E-state index contributed by atoms with van der Waals surface area (Å²) in [5.41, 5.74) is 1.59. The molecule has 1 fully saturated rings. The first-order valence-electron chi connectivity index (χ1n) is 6.73. The van der Waals surface area contributed by atoms with Crippen molar-refractivity contribution in [3.05, 3.63) is 60.2 Å². The van der Waals surface area contributed by atoms with Crippen LogP contribution < -0.4 is 10.1 Å². The van der Waals surface area contributed by atoms with Gasteiger partial charge in [-0.15, -0.1) is 0 Å². The van der Waals surface area contributed by atoms with Crippen molar-refractivity contribution in [2.45, 2.75) is 25.3 Å². The van der Waals surface area contributed by atoms with Crippen LogP contribution in [0.25, 0.3) is 0 Å². The first-order chi connectivity index (χ1) is 9.15. The van der Waals surface area contributed by atoms with Crippen molar-refractivity contribution in [1.29, 1.82) is 0 Å². The van der Waals surface area contributed by atoms with Gasteiger partial charge in [0.15, 0.2) is 0 Å². The highest BCUT2D eigenvalue weighted by Crippen LogP contribution is 2.35. The average molecular weight is 253 g/mol. The van der Waals surface area contributed by atoms with Crippen molar-refractivity contribution in [3.8, 4) is 11.5 Å². The lowest BCUT2D eigenvalue weighted by Gasteiger charge is -2.46. The maximum Gasteiger partial charge on any atom is 0.127 e. The van der Waals surface area contributed by atoms with E-state index < -0.39 is 0 Å². The minimum absolute atomic E-state index is 0.210. The van der Waals surface area contributed by atoms with Gasteiger partial charge in [-0.3, -0.25) is 0 Å². The summed E-state index contributed by atoms with van der Waals surface area (Å²) in [5, 5.41) is 3.46. The Morgan fingerprint density at radius 2 is 1.58 bits per heavy atom. The molecular weight excluding hydrogens is 234 g/mol. The van der Waals surface area contributed by atoms with Crippen LogP contribution in [-0.2, 0) is 0 Å². The molecule has 0 radical (unpaired) electrons.